The molecule has 0 aliphatic rings. The van der Waals surface area contributed by atoms with E-state index in [-0.39, 0.29) is 26.1 Å². The third-order valence-corrected chi connectivity index (χ3v) is 11.7. The molecule has 2 unspecified atom stereocenters. The quantitative estimate of drug-likeness (QED) is 0.0195. The van der Waals surface area contributed by atoms with Gasteiger partial charge in [-0.15, -0.1) is 0 Å². The van der Waals surface area contributed by atoms with Crippen molar-refractivity contribution in [2.75, 3.05) is 47.5 Å². The molecule has 0 heterocycles. The molecule has 0 fully saturated rings. The summed E-state index contributed by atoms with van der Waals surface area (Å²) in [5.74, 6) is -0.863. The molecule has 0 radical (unpaired) electrons. The van der Waals surface area contributed by atoms with Gasteiger partial charge in [-0.3, -0.25) is 14.2 Å². The van der Waals surface area contributed by atoms with E-state index in [1.165, 1.54) is 32.1 Å². The molecule has 0 aromatic rings. The summed E-state index contributed by atoms with van der Waals surface area (Å²) >= 11 is 0. The van der Waals surface area contributed by atoms with Gasteiger partial charge < -0.3 is 27.9 Å². The predicted octanol–water partition coefficient (Wildman–Crippen LogP) is 15.8. The SMILES string of the molecule is CC/C=C\C/C=C\C/C=C\C/C=C\C/C=C\C/C=C\C/C=C\C/C=C\C/C=C\C/C=C\CCCCCCCCCCC(=O)OC(COC(=O)CCCCCCCC)COP(=O)([O-])OCC[N+](C)(C)C. The van der Waals surface area contributed by atoms with Crippen LogP contribution in [0.5, 0.6) is 0 Å². The molecule has 0 N–H and O–H groups in total. The Morgan fingerprint density at radius 3 is 1.23 bits per heavy atom. The Kier molecular flexibility index (Phi) is 46.8. The topological polar surface area (TPSA) is 111 Å². The molecular formula is C59H98NO8P. The number of hydrogen-bond acceptors (Lipinski definition) is 8. The first-order valence-electron chi connectivity index (χ1n) is 26.7. The minimum atomic E-state index is -4.63. The van der Waals surface area contributed by atoms with Gasteiger partial charge in [-0.2, -0.15) is 0 Å². The first kappa shape index (κ1) is 65.4. The number of nitrogens with zero attached hydrogens (tertiary/aromatic N) is 1. The van der Waals surface area contributed by atoms with Gasteiger partial charge in [0.2, 0.25) is 0 Å². The van der Waals surface area contributed by atoms with Gasteiger partial charge in [-0.25, -0.2) is 0 Å². The molecule has 2 atom stereocenters. The van der Waals surface area contributed by atoms with Crippen LogP contribution in [0.2, 0.25) is 0 Å². The molecule has 0 saturated carbocycles. The van der Waals surface area contributed by atoms with Gasteiger partial charge in [0.25, 0.3) is 7.82 Å². The highest BCUT2D eigenvalue weighted by Crippen LogP contribution is 2.38. The summed E-state index contributed by atoms with van der Waals surface area (Å²) in [4.78, 5) is 37.4. The highest BCUT2D eigenvalue weighted by molar-refractivity contribution is 7.45. The van der Waals surface area contributed by atoms with Gasteiger partial charge in [0.15, 0.2) is 6.10 Å². The van der Waals surface area contributed by atoms with E-state index in [0.29, 0.717) is 17.4 Å². The number of rotatable bonds is 47. The summed E-state index contributed by atoms with van der Waals surface area (Å²) in [5.41, 5.74) is 0. The van der Waals surface area contributed by atoms with E-state index < -0.39 is 32.5 Å². The van der Waals surface area contributed by atoms with Crippen LogP contribution in [0.1, 0.15) is 187 Å². The summed E-state index contributed by atoms with van der Waals surface area (Å²) in [6, 6.07) is 0. The van der Waals surface area contributed by atoms with Crippen molar-refractivity contribution >= 4 is 19.8 Å². The zero-order valence-electron chi connectivity index (χ0n) is 44.2. The smallest absolute Gasteiger partial charge is 0.306 e. The minimum absolute atomic E-state index is 0.0376. The fourth-order valence-electron chi connectivity index (χ4n) is 6.62. The fourth-order valence-corrected chi connectivity index (χ4v) is 7.35. The van der Waals surface area contributed by atoms with Crippen molar-refractivity contribution in [2.45, 2.75) is 193 Å². The molecule has 392 valence electrons. The van der Waals surface area contributed by atoms with Crippen molar-refractivity contribution in [3.63, 3.8) is 0 Å². The summed E-state index contributed by atoms with van der Waals surface area (Å²) in [6.45, 7) is 4.01. The maximum atomic E-state index is 12.7. The highest BCUT2D eigenvalue weighted by Gasteiger charge is 2.21. The highest BCUT2D eigenvalue weighted by atomic mass is 31.2. The molecule has 0 aliphatic carbocycles. The maximum Gasteiger partial charge on any atom is 0.306 e. The normalized spacial score (nSPS) is 14.3. The van der Waals surface area contributed by atoms with Crippen molar-refractivity contribution in [2.24, 2.45) is 0 Å². The molecule has 0 spiro atoms. The number of esters is 2. The van der Waals surface area contributed by atoms with Crippen LogP contribution in [0.25, 0.3) is 0 Å². The Bertz CT molecular complexity index is 1580. The number of ether oxygens (including phenoxy) is 2. The van der Waals surface area contributed by atoms with Gasteiger partial charge in [0, 0.05) is 12.8 Å². The number of hydrogen-bond donors (Lipinski definition) is 0. The Balaban J connectivity index is 4.02. The monoisotopic (exact) mass is 980 g/mol. The van der Waals surface area contributed by atoms with E-state index in [2.05, 4.69) is 135 Å². The number of carbonyl (C=O) groups is 2. The number of unbranched alkanes of at least 4 members (excludes halogenated alkanes) is 13. The second kappa shape index (κ2) is 49.4. The summed E-state index contributed by atoms with van der Waals surface area (Å²) in [7, 11) is 1.14. The number of allylic oxidation sites excluding steroid dienone is 20. The first-order valence-corrected chi connectivity index (χ1v) is 28.2. The van der Waals surface area contributed by atoms with E-state index >= 15 is 0 Å². The lowest BCUT2D eigenvalue weighted by molar-refractivity contribution is -0.870. The average molecular weight is 980 g/mol. The second-order valence-corrected chi connectivity index (χ2v) is 19.9. The van der Waals surface area contributed by atoms with Crippen LogP contribution in [0.3, 0.4) is 0 Å². The molecule has 0 aromatic carbocycles. The zero-order chi connectivity index (χ0) is 50.6. The van der Waals surface area contributed by atoms with Gasteiger partial charge in [0.1, 0.15) is 19.8 Å². The van der Waals surface area contributed by atoms with Crippen LogP contribution in [-0.2, 0) is 32.7 Å². The largest absolute Gasteiger partial charge is 0.756 e. The molecular weight excluding hydrogens is 882 g/mol. The van der Waals surface area contributed by atoms with E-state index in [9.17, 15) is 19.0 Å². The molecule has 0 aromatic heterocycles. The van der Waals surface area contributed by atoms with Crippen LogP contribution in [-0.4, -0.2) is 70.0 Å². The molecule has 69 heavy (non-hydrogen) atoms. The number of phosphoric ester groups is 1. The second-order valence-electron chi connectivity index (χ2n) is 18.5. The molecule has 0 aliphatic heterocycles. The van der Waals surface area contributed by atoms with Crippen molar-refractivity contribution in [1.82, 2.24) is 0 Å². The number of likely N-dealkylation sites (N-methyl/N-ethyl adjacent to an activating group) is 1. The number of phosphoric acid groups is 1. The molecule has 0 saturated heterocycles. The van der Waals surface area contributed by atoms with Crippen molar-refractivity contribution in [1.29, 1.82) is 0 Å². The lowest BCUT2D eigenvalue weighted by Gasteiger charge is -2.28. The lowest BCUT2D eigenvalue weighted by Crippen LogP contribution is -2.37. The third-order valence-electron chi connectivity index (χ3n) is 10.7. The van der Waals surface area contributed by atoms with Crippen LogP contribution < -0.4 is 4.89 Å². The Hall–Kier alpha value is -3.59. The summed E-state index contributed by atoms with van der Waals surface area (Å²) < 4.78 is 33.8. The summed E-state index contributed by atoms with van der Waals surface area (Å²) in [5, 5.41) is 0. The van der Waals surface area contributed by atoms with Crippen molar-refractivity contribution in [3.8, 4) is 0 Å². The van der Waals surface area contributed by atoms with E-state index in [4.69, 9.17) is 18.5 Å². The minimum Gasteiger partial charge on any atom is -0.756 e. The molecule has 10 heteroatoms. The van der Waals surface area contributed by atoms with Crippen molar-refractivity contribution in [3.05, 3.63) is 122 Å². The average Bonchev–Trinajstić information content (AvgIpc) is 3.31. The van der Waals surface area contributed by atoms with Crippen LogP contribution in [0, 0.1) is 0 Å². The molecule has 9 nitrogen and oxygen atoms in total. The fraction of sp³-hybridized carbons (Fsp3) is 0.627. The van der Waals surface area contributed by atoms with E-state index in [0.717, 1.165) is 122 Å². The van der Waals surface area contributed by atoms with Crippen LogP contribution in [0.15, 0.2) is 122 Å². The van der Waals surface area contributed by atoms with Gasteiger partial charge in [-0.05, 0) is 89.9 Å². The van der Waals surface area contributed by atoms with E-state index in [1.54, 1.807) is 0 Å². The van der Waals surface area contributed by atoms with Gasteiger partial charge in [-0.1, -0.05) is 206 Å². The lowest BCUT2D eigenvalue weighted by atomic mass is 10.1. The van der Waals surface area contributed by atoms with Gasteiger partial charge in [0.05, 0.1) is 27.7 Å². The zero-order valence-corrected chi connectivity index (χ0v) is 45.1. The number of carbonyl (C=O) groups excluding carboxylic acids is 2. The van der Waals surface area contributed by atoms with Gasteiger partial charge >= 0.3 is 11.9 Å². The molecule has 0 rings (SSSR count). The third kappa shape index (κ3) is 53.6. The predicted molar refractivity (Wildman–Crippen MR) is 291 cm³/mol. The Morgan fingerprint density at radius 1 is 0.464 bits per heavy atom. The van der Waals surface area contributed by atoms with Crippen molar-refractivity contribution < 1.29 is 42.1 Å². The molecule has 0 amide bonds. The van der Waals surface area contributed by atoms with Crippen LogP contribution in [0.4, 0.5) is 0 Å². The van der Waals surface area contributed by atoms with Crippen LogP contribution >= 0.6 is 7.82 Å². The summed E-state index contributed by atoms with van der Waals surface area (Å²) in [6.07, 6.45) is 70.0. The molecule has 0 bridgehead atoms. The Morgan fingerprint density at radius 2 is 0.826 bits per heavy atom. The number of quaternary nitrogens is 1. The standard InChI is InChI=1S/C59H98NO8P/c1-6-8-10-12-14-15-16-17-18-19-20-21-22-23-24-25-26-27-28-29-30-31-32-33-34-35-36-37-38-39-40-41-42-43-44-45-46-48-50-52-59(62)68-57(55-65-58(61)51-49-47-13-11-9-7-2)56-67-69(63,64)66-54-53-60(3,4)5/h8,10,14-15,17-18,20-21,23-24,26-27,29-30,32-33,35-36,38-39,57H,6-7,9,11-13,16,19,22,25,28,31,34,37,40-56H2,1-5H3/b10-8-,15-14-,18-17-,21-20-,24-23-,27-26-,30-29-,33-32-,36-35-,39-38-. The maximum absolute atomic E-state index is 12.7. The Labute approximate surface area is 422 Å². The first-order chi connectivity index (χ1) is 33.5. The van der Waals surface area contributed by atoms with E-state index in [1.807, 2.05) is 21.1 Å².